The fourth-order valence-corrected chi connectivity index (χ4v) is 4.34. The lowest BCUT2D eigenvalue weighted by molar-refractivity contribution is -0.890. The van der Waals surface area contributed by atoms with Crippen LogP contribution in [0.4, 0.5) is 0 Å². The molecule has 0 bridgehead atoms. The van der Waals surface area contributed by atoms with Crippen LogP contribution in [0, 0.1) is 0 Å². The van der Waals surface area contributed by atoms with E-state index in [1.165, 1.54) is 152 Å². The lowest BCUT2D eigenvalue weighted by Gasteiger charge is -2.30. The van der Waals surface area contributed by atoms with E-state index < -0.39 is 0 Å². The van der Waals surface area contributed by atoms with Gasteiger partial charge in [0.1, 0.15) is 0 Å². The van der Waals surface area contributed by atoms with Gasteiger partial charge in [-0.15, -0.1) is 0 Å². The first kappa shape index (κ1) is 28.0. The molecule has 0 aromatic rings. The lowest BCUT2D eigenvalue weighted by atomic mass is 10.1. The zero-order chi connectivity index (χ0) is 20.8. The lowest BCUT2D eigenvalue weighted by Crippen LogP contribution is -2.41. The van der Waals surface area contributed by atoms with E-state index in [1.54, 1.807) is 0 Å². The van der Waals surface area contributed by atoms with E-state index >= 15 is 0 Å². The summed E-state index contributed by atoms with van der Waals surface area (Å²) < 4.78 is 1.24. The van der Waals surface area contributed by atoms with Gasteiger partial charge in [0, 0.05) is 0 Å². The molecule has 0 aliphatic rings. The highest BCUT2D eigenvalue weighted by atomic mass is 15.3. The van der Waals surface area contributed by atoms with E-state index in [1.807, 2.05) is 0 Å². The van der Waals surface area contributed by atoms with E-state index in [0.717, 1.165) is 0 Å². The van der Waals surface area contributed by atoms with E-state index in [4.69, 9.17) is 0 Å². The fourth-order valence-electron chi connectivity index (χ4n) is 4.34. The first-order chi connectivity index (χ1) is 13.6. The molecule has 0 amide bonds. The summed E-state index contributed by atoms with van der Waals surface area (Å²) in [5, 5.41) is 0. The molecular weight excluding hydrogens is 338 g/mol. The summed E-state index contributed by atoms with van der Waals surface area (Å²) in [7, 11) is 4.90. The molecule has 28 heavy (non-hydrogen) atoms. The van der Waals surface area contributed by atoms with Crippen LogP contribution < -0.4 is 0 Å². The molecule has 170 valence electrons. The number of hydrogen-bond acceptors (Lipinski definition) is 0. The molecule has 0 fully saturated rings. The van der Waals surface area contributed by atoms with E-state index in [9.17, 15) is 0 Å². The third kappa shape index (κ3) is 22.3. The molecule has 1 nitrogen and oxygen atoms in total. The molecule has 0 rings (SSSR count). The monoisotopic (exact) mass is 396 g/mol. The summed E-state index contributed by atoms with van der Waals surface area (Å²) >= 11 is 0. The molecule has 0 atom stereocenters. The van der Waals surface area contributed by atoms with Gasteiger partial charge in [0.05, 0.1) is 27.2 Å². The van der Waals surface area contributed by atoms with Crippen LogP contribution >= 0.6 is 0 Å². The van der Waals surface area contributed by atoms with Gasteiger partial charge >= 0.3 is 0 Å². The Morgan fingerprint density at radius 2 is 0.536 bits per heavy atom. The number of rotatable bonds is 23. The fraction of sp³-hybridized carbons (Fsp3) is 1.00. The predicted molar refractivity (Wildman–Crippen MR) is 130 cm³/mol. The Bertz CT molecular complexity index is 284. The third-order valence-electron chi connectivity index (χ3n) is 6.48. The highest BCUT2D eigenvalue weighted by Crippen LogP contribution is 2.14. The second-order valence-corrected chi connectivity index (χ2v) is 10.1. The van der Waals surface area contributed by atoms with Crippen LogP contribution in [0.5, 0.6) is 0 Å². The Balaban J connectivity index is 3.30. The molecule has 0 aromatic carbocycles. The smallest absolute Gasteiger partial charge is 0.0782 e. The van der Waals surface area contributed by atoms with Crippen molar-refractivity contribution in [2.45, 2.75) is 149 Å². The number of nitrogens with zero attached hydrogens (tertiary/aromatic N) is 1. The molecular formula is C27H58N+. The maximum atomic E-state index is 2.45. The van der Waals surface area contributed by atoms with Crippen LogP contribution in [0.3, 0.4) is 0 Å². The van der Waals surface area contributed by atoms with E-state index in [2.05, 4.69) is 27.9 Å². The van der Waals surface area contributed by atoms with Crippen LogP contribution in [-0.4, -0.2) is 31.7 Å². The third-order valence-corrected chi connectivity index (χ3v) is 6.48. The van der Waals surface area contributed by atoms with Gasteiger partial charge in [-0.05, 0) is 25.7 Å². The Morgan fingerprint density at radius 3 is 0.786 bits per heavy atom. The summed E-state index contributed by atoms with van der Waals surface area (Å²) in [6.07, 6.45) is 30.5. The first-order valence-corrected chi connectivity index (χ1v) is 13.4. The topological polar surface area (TPSA) is 0 Å². The van der Waals surface area contributed by atoms with Crippen molar-refractivity contribution in [3.63, 3.8) is 0 Å². The van der Waals surface area contributed by atoms with Crippen molar-refractivity contribution in [1.29, 1.82) is 0 Å². The predicted octanol–water partition coefficient (Wildman–Crippen LogP) is 9.29. The van der Waals surface area contributed by atoms with Crippen molar-refractivity contribution in [3.05, 3.63) is 0 Å². The van der Waals surface area contributed by atoms with E-state index in [-0.39, 0.29) is 0 Å². The maximum absolute atomic E-state index is 2.45. The molecule has 0 aromatic heterocycles. The molecule has 0 unspecified atom stereocenters. The summed E-state index contributed by atoms with van der Waals surface area (Å²) in [6, 6.07) is 0. The van der Waals surface area contributed by atoms with Gasteiger partial charge in [0.2, 0.25) is 0 Å². The van der Waals surface area contributed by atoms with Gasteiger partial charge in [-0.1, -0.05) is 123 Å². The average Bonchev–Trinajstić information content (AvgIpc) is 2.67. The quantitative estimate of drug-likeness (QED) is 0.119. The van der Waals surface area contributed by atoms with Gasteiger partial charge in [-0.25, -0.2) is 0 Å². The maximum Gasteiger partial charge on any atom is 0.0782 e. The van der Waals surface area contributed by atoms with Gasteiger partial charge in [-0.2, -0.15) is 0 Å². The van der Waals surface area contributed by atoms with Gasteiger partial charge in [0.25, 0.3) is 0 Å². The van der Waals surface area contributed by atoms with Crippen molar-refractivity contribution in [2.75, 3.05) is 27.2 Å². The molecule has 0 saturated carbocycles. The molecule has 0 saturated heterocycles. The highest BCUT2D eigenvalue weighted by molar-refractivity contribution is 4.50. The molecule has 1 heteroatoms. The minimum absolute atomic E-state index is 1.24. The van der Waals surface area contributed by atoms with Crippen molar-refractivity contribution in [3.8, 4) is 0 Å². The van der Waals surface area contributed by atoms with Crippen molar-refractivity contribution in [2.24, 2.45) is 0 Å². The first-order valence-electron chi connectivity index (χ1n) is 13.4. The number of hydrogen-bond donors (Lipinski definition) is 0. The summed E-state index contributed by atoms with van der Waals surface area (Å²) in [5.41, 5.74) is 0. The Labute approximate surface area is 180 Å². The van der Waals surface area contributed by atoms with Crippen LogP contribution in [0.15, 0.2) is 0 Å². The molecule has 0 N–H and O–H groups in total. The minimum Gasteiger partial charge on any atom is -0.328 e. The highest BCUT2D eigenvalue weighted by Gasteiger charge is 2.13. The normalized spacial score (nSPS) is 12.0. The van der Waals surface area contributed by atoms with Gasteiger partial charge in [-0.3, -0.25) is 0 Å². The van der Waals surface area contributed by atoms with Gasteiger partial charge in [0.15, 0.2) is 0 Å². The molecule has 0 radical (unpaired) electrons. The van der Waals surface area contributed by atoms with Crippen molar-refractivity contribution in [1.82, 2.24) is 0 Å². The zero-order valence-electron chi connectivity index (χ0n) is 20.7. The molecule has 0 aliphatic carbocycles. The number of quaternary nitrogens is 1. The Hall–Kier alpha value is -0.0400. The minimum atomic E-state index is 1.24. The van der Waals surface area contributed by atoms with Crippen LogP contribution in [0.25, 0.3) is 0 Å². The molecule has 0 aliphatic heterocycles. The Kier molecular flexibility index (Phi) is 21.6. The Morgan fingerprint density at radius 1 is 0.321 bits per heavy atom. The van der Waals surface area contributed by atoms with Crippen LogP contribution in [0.2, 0.25) is 0 Å². The molecule has 0 heterocycles. The van der Waals surface area contributed by atoms with Crippen molar-refractivity contribution >= 4 is 0 Å². The summed E-state index contributed by atoms with van der Waals surface area (Å²) in [5.74, 6) is 0. The zero-order valence-corrected chi connectivity index (χ0v) is 20.7. The standard InChI is InChI=1S/C27H58N/c1-5-7-9-11-13-15-17-19-21-23-25-27-28(3,4)26-24-22-20-18-16-14-12-10-8-6-2/h5-27H2,1-4H3/q+1. The largest absolute Gasteiger partial charge is 0.328 e. The number of unbranched alkanes of at least 4 members (excludes halogenated alkanes) is 19. The molecule has 0 spiro atoms. The summed E-state index contributed by atoms with van der Waals surface area (Å²) in [4.78, 5) is 0. The average molecular weight is 397 g/mol. The van der Waals surface area contributed by atoms with E-state index in [0.29, 0.717) is 0 Å². The van der Waals surface area contributed by atoms with Crippen LogP contribution in [-0.2, 0) is 0 Å². The second kappa shape index (κ2) is 21.7. The van der Waals surface area contributed by atoms with Crippen molar-refractivity contribution < 1.29 is 4.48 Å². The SMILES string of the molecule is CCCCCCCCCCCCC[N+](C)(C)CCCCCCCCCCCC. The van der Waals surface area contributed by atoms with Crippen LogP contribution in [0.1, 0.15) is 149 Å². The summed E-state index contributed by atoms with van der Waals surface area (Å²) in [6.45, 7) is 7.37. The van der Waals surface area contributed by atoms with Gasteiger partial charge < -0.3 is 4.48 Å². The second-order valence-electron chi connectivity index (χ2n) is 10.1.